The zero-order valence-corrected chi connectivity index (χ0v) is 26.0. The van der Waals surface area contributed by atoms with Crippen LogP contribution in [-0.2, 0) is 0 Å². The van der Waals surface area contributed by atoms with E-state index in [0.29, 0.717) is 32.6 Å². The molecule has 0 radical (unpaired) electrons. The molecule has 0 amide bonds. The lowest BCUT2D eigenvalue weighted by atomic mass is 9.97. The molecule has 0 spiro atoms. The number of pyridine rings is 2. The van der Waals surface area contributed by atoms with Gasteiger partial charge in [-0.3, -0.25) is 18.7 Å². The SMILES string of the molecule is O=c1c2cc3c(cc2n(-c2cccs2)c2c(-c4ccccc4)cccc12)c(=O)c1cccc(-c2ccccc2)c1n3-c1cccs1. The highest BCUT2D eigenvalue weighted by Gasteiger charge is 2.22. The van der Waals surface area contributed by atoms with Gasteiger partial charge in [0.2, 0.25) is 0 Å². The highest BCUT2D eigenvalue weighted by Crippen LogP contribution is 2.37. The summed E-state index contributed by atoms with van der Waals surface area (Å²) in [5.41, 5.74) is 6.96. The number of para-hydroxylation sites is 2. The number of hydrogen-bond acceptors (Lipinski definition) is 4. The molecular formula is C40H24N2O2S2. The Morgan fingerprint density at radius 1 is 0.413 bits per heavy atom. The molecule has 46 heavy (non-hydrogen) atoms. The Labute approximate surface area is 271 Å². The lowest BCUT2D eigenvalue weighted by Crippen LogP contribution is -2.15. The minimum atomic E-state index is -0.0564. The van der Waals surface area contributed by atoms with E-state index in [4.69, 9.17) is 0 Å². The van der Waals surface area contributed by atoms with Gasteiger partial charge in [-0.2, -0.15) is 0 Å². The molecule has 6 heteroatoms. The highest BCUT2D eigenvalue weighted by atomic mass is 32.1. The molecule has 218 valence electrons. The van der Waals surface area contributed by atoms with Crippen LogP contribution in [0.5, 0.6) is 0 Å². The summed E-state index contributed by atoms with van der Waals surface area (Å²) in [5, 5.41) is 8.45. The highest BCUT2D eigenvalue weighted by molar-refractivity contribution is 7.12. The second kappa shape index (κ2) is 10.5. The van der Waals surface area contributed by atoms with Gasteiger partial charge in [-0.05, 0) is 70.4 Å². The molecule has 4 aromatic heterocycles. The maximum atomic E-state index is 14.6. The maximum absolute atomic E-state index is 14.6. The van der Waals surface area contributed by atoms with Crippen LogP contribution in [0.25, 0.3) is 75.9 Å². The third-order valence-corrected chi connectivity index (χ3v) is 10.4. The molecule has 5 aromatic carbocycles. The van der Waals surface area contributed by atoms with E-state index in [0.717, 1.165) is 43.3 Å². The van der Waals surface area contributed by atoms with Crippen molar-refractivity contribution in [3.63, 3.8) is 0 Å². The minimum Gasteiger partial charge on any atom is -0.300 e. The number of fused-ring (bicyclic) bond motifs is 4. The van der Waals surface area contributed by atoms with E-state index in [-0.39, 0.29) is 10.9 Å². The minimum absolute atomic E-state index is 0.0564. The first-order valence-electron chi connectivity index (χ1n) is 15.0. The number of aromatic nitrogens is 2. The number of nitrogens with zero attached hydrogens (tertiary/aromatic N) is 2. The Kier molecular flexibility index (Phi) is 6.13. The number of hydrogen-bond donors (Lipinski definition) is 0. The smallest absolute Gasteiger partial charge is 0.197 e. The third kappa shape index (κ3) is 3.97. The first-order valence-corrected chi connectivity index (χ1v) is 16.8. The van der Waals surface area contributed by atoms with Crippen molar-refractivity contribution in [3.8, 4) is 32.3 Å². The van der Waals surface area contributed by atoms with Gasteiger partial charge in [-0.25, -0.2) is 0 Å². The average molecular weight is 629 g/mol. The van der Waals surface area contributed by atoms with Crippen LogP contribution in [0.15, 0.2) is 154 Å². The van der Waals surface area contributed by atoms with Gasteiger partial charge in [0.25, 0.3) is 0 Å². The molecule has 0 bridgehead atoms. The Morgan fingerprint density at radius 3 is 1.24 bits per heavy atom. The summed E-state index contributed by atoms with van der Waals surface area (Å²) in [5.74, 6) is 0. The molecule has 9 aromatic rings. The molecule has 0 unspecified atom stereocenters. The summed E-state index contributed by atoms with van der Waals surface area (Å²) in [4.78, 5) is 29.2. The van der Waals surface area contributed by atoms with E-state index in [9.17, 15) is 9.59 Å². The molecule has 0 fully saturated rings. The molecule has 0 aliphatic heterocycles. The van der Waals surface area contributed by atoms with Crippen LogP contribution in [0.3, 0.4) is 0 Å². The van der Waals surface area contributed by atoms with E-state index in [2.05, 4.69) is 57.7 Å². The van der Waals surface area contributed by atoms with E-state index in [1.807, 2.05) is 95.7 Å². The Hall–Kier alpha value is -5.56. The molecule has 0 aliphatic rings. The lowest BCUT2D eigenvalue weighted by Gasteiger charge is -2.20. The maximum Gasteiger partial charge on any atom is 0.197 e. The zero-order chi connectivity index (χ0) is 30.8. The van der Waals surface area contributed by atoms with Crippen LogP contribution in [0.2, 0.25) is 0 Å². The van der Waals surface area contributed by atoms with Gasteiger partial charge in [0.1, 0.15) is 0 Å². The van der Waals surface area contributed by atoms with Crippen molar-refractivity contribution in [3.05, 3.63) is 165 Å². The molecule has 4 nitrogen and oxygen atoms in total. The standard InChI is InChI=1S/C40H24N2O2S2/c43-39-29-17-7-15-27(25-11-3-1-4-12-25)37(29)41(35-19-9-21-45-35)33-23-32-34(24-31(33)39)42(36-20-10-22-46-36)38-28(26-13-5-2-6-14-26)16-8-18-30(38)40(32)44/h1-24H. The molecular weight excluding hydrogens is 605 g/mol. The molecule has 9 rings (SSSR count). The van der Waals surface area contributed by atoms with Crippen LogP contribution < -0.4 is 10.9 Å². The molecule has 0 aliphatic carbocycles. The molecule has 0 N–H and O–H groups in total. The van der Waals surface area contributed by atoms with Gasteiger partial charge < -0.3 is 0 Å². The van der Waals surface area contributed by atoms with Crippen molar-refractivity contribution in [2.45, 2.75) is 0 Å². The molecule has 0 saturated carbocycles. The van der Waals surface area contributed by atoms with Gasteiger partial charge in [0.05, 0.1) is 32.1 Å². The second-order valence-corrected chi connectivity index (χ2v) is 13.1. The van der Waals surface area contributed by atoms with Crippen LogP contribution in [0.4, 0.5) is 0 Å². The van der Waals surface area contributed by atoms with Crippen LogP contribution in [-0.4, -0.2) is 9.13 Å². The number of benzene rings is 5. The Bertz CT molecular complexity index is 2520. The fourth-order valence-electron chi connectivity index (χ4n) is 6.73. The fraction of sp³-hybridized carbons (Fsp3) is 0. The third-order valence-electron chi connectivity index (χ3n) is 8.72. The first-order chi connectivity index (χ1) is 22.7. The van der Waals surface area contributed by atoms with E-state index >= 15 is 0 Å². The van der Waals surface area contributed by atoms with Gasteiger partial charge in [0, 0.05) is 32.7 Å². The predicted octanol–water partition coefficient (Wildman–Crippen LogP) is 10.1. The van der Waals surface area contributed by atoms with Crippen molar-refractivity contribution in [2.24, 2.45) is 0 Å². The van der Waals surface area contributed by atoms with Gasteiger partial charge in [-0.15, -0.1) is 22.7 Å². The van der Waals surface area contributed by atoms with E-state index in [1.54, 1.807) is 22.7 Å². The zero-order valence-electron chi connectivity index (χ0n) is 24.4. The monoisotopic (exact) mass is 628 g/mol. The molecule has 4 heterocycles. The van der Waals surface area contributed by atoms with E-state index < -0.39 is 0 Å². The quantitative estimate of drug-likeness (QED) is 0.182. The summed E-state index contributed by atoms with van der Waals surface area (Å²) >= 11 is 3.22. The largest absolute Gasteiger partial charge is 0.300 e. The Balaban J connectivity index is 1.52. The predicted molar refractivity (Wildman–Crippen MR) is 194 cm³/mol. The van der Waals surface area contributed by atoms with Crippen molar-refractivity contribution in [2.75, 3.05) is 0 Å². The van der Waals surface area contributed by atoms with Gasteiger partial charge in [-0.1, -0.05) is 84.9 Å². The van der Waals surface area contributed by atoms with Gasteiger partial charge >= 0.3 is 0 Å². The summed E-state index contributed by atoms with van der Waals surface area (Å²) in [6.45, 7) is 0. The fourth-order valence-corrected chi connectivity index (χ4v) is 8.23. The van der Waals surface area contributed by atoms with Crippen molar-refractivity contribution in [1.82, 2.24) is 9.13 Å². The van der Waals surface area contributed by atoms with Crippen molar-refractivity contribution in [1.29, 1.82) is 0 Å². The number of rotatable bonds is 4. The summed E-state index contributed by atoms with van der Waals surface area (Å²) in [6.07, 6.45) is 0. The molecule has 0 atom stereocenters. The van der Waals surface area contributed by atoms with Crippen molar-refractivity contribution < 1.29 is 0 Å². The summed E-state index contributed by atoms with van der Waals surface area (Å²) in [6, 6.07) is 44.2. The summed E-state index contributed by atoms with van der Waals surface area (Å²) in [7, 11) is 0. The van der Waals surface area contributed by atoms with Crippen molar-refractivity contribution >= 4 is 66.3 Å². The van der Waals surface area contributed by atoms with Crippen LogP contribution >= 0.6 is 22.7 Å². The van der Waals surface area contributed by atoms with Crippen LogP contribution in [0, 0.1) is 0 Å². The molecule has 0 saturated heterocycles. The first kappa shape index (κ1) is 26.8. The Morgan fingerprint density at radius 2 is 0.848 bits per heavy atom. The average Bonchev–Trinajstić information content (AvgIpc) is 3.85. The summed E-state index contributed by atoms with van der Waals surface area (Å²) < 4.78 is 4.33. The topological polar surface area (TPSA) is 44.0 Å². The number of thiophene rings is 2. The lowest BCUT2D eigenvalue weighted by molar-refractivity contribution is 1.19. The second-order valence-electron chi connectivity index (χ2n) is 11.3. The van der Waals surface area contributed by atoms with Gasteiger partial charge in [0.15, 0.2) is 10.9 Å². The normalized spacial score (nSPS) is 11.7. The van der Waals surface area contributed by atoms with Crippen LogP contribution in [0.1, 0.15) is 0 Å². The van der Waals surface area contributed by atoms with E-state index in [1.165, 1.54) is 0 Å².